The number of fused-ring (bicyclic) bond motifs is 1. The Labute approximate surface area is 149 Å². The van der Waals surface area contributed by atoms with Gasteiger partial charge in [-0.3, -0.25) is 4.57 Å². The lowest BCUT2D eigenvalue weighted by Crippen LogP contribution is -2.17. The number of carboxylic acid groups (broad SMARTS) is 1. The highest BCUT2D eigenvalue weighted by atomic mass is 16.4. The third-order valence-electron chi connectivity index (χ3n) is 4.44. The second-order valence-electron chi connectivity index (χ2n) is 6.08. The standard InChI is InChI=1S/C21H16N2O3/c24-20(25)17-6-2-1-5-16(17)15-11-9-14(10-12-15)13-23-19-8-4-3-7-18(19)22-21(23)26/h1-12H,13H2,(H,22,26)(H,24,25). The summed E-state index contributed by atoms with van der Waals surface area (Å²) in [5.74, 6) is -0.949. The van der Waals surface area contributed by atoms with Crippen molar-refractivity contribution in [2.75, 3.05) is 0 Å². The molecule has 0 aliphatic carbocycles. The molecular weight excluding hydrogens is 328 g/mol. The van der Waals surface area contributed by atoms with E-state index in [1.807, 2.05) is 54.6 Å². The van der Waals surface area contributed by atoms with E-state index < -0.39 is 5.97 Å². The maximum Gasteiger partial charge on any atom is 0.336 e. The number of aromatic amines is 1. The summed E-state index contributed by atoms with van der Waals surface area (Å²) in [7, 11) is 0. The van der Waals surface area contributed by atoms with Crippen LogP contribution in [0, 0.1) is 0 Å². The van der Waals surface area contributed by atoms with Gasteiger partial charge in [0.25, 0.3) is 0 Å². The first-order chi connectivity index (χ1) is 12.6. The molecule has 0 saturated heterocycles. The molecule has 4 aromatic rings. The van der Waals surface area contributed by atoms with Crippen LogP contribution in [0.1, 0.15) is 15.9 Å². The molecule has 0 bridgehead atoms. The summed E-state index contributed by atoms with van der Waals surface area (Å²) in [6, 6.07) is 22.1. The quantitative estimate of drug-likeness (QED) is 0.592. The summed E-state index contributed by atoms with van der Waals surface area (Å²) in [6.45, 7) is 0.448. The zero-order chi connectivity index (χ0) is 18.1. The van der Waals surface area contributed by atoms with Gasteiger partial charge in [0, 0.05) is 0 Å². The van der Waals surface area contributed by atoms with Gasteiger partial charge in [-0.2, -0.15) is 0 Å². The Balaban J connectivity index is 1.68. The van der Waals surface area contributed by atoms with Crippen molar-refractivity contribution in [1.29, 1.82) is 0 Å². The van der Waals surface area contributed by atoms with Crippen LogP contribution < -0.4 is 5.69 Å². The number of benzene rings is 3. The molecule has 0 spiro atoms. The molecule has 3 aromatic carbocycles. The van der Waals surface area contributed by atoms with E-state index in [4.69, 9.17) is 0 Å². The molecule has 4 rings (SSSR count). The molecule has 1 heterocycles. The van der Waals surface area contributed by atoms with Crippen molar-refractivity contribution in [2.24, 2.45) is 0 Å². The smallest absolute Gasteiger partial charge is 0.336 e. The van der Waals surface area contributed by atoms with Gasteiger partial charge in [-0.25, -0.2) is 9.59 Å². The molecule has 2 N–H and O–H groups in total. The summed E-state index contributed by atoms with van der Waals surface area (Å²) in [6.07, 6.45) is 0. The fraction of sp³-hybridized carbons (Fsp3) is 0.0476. The number of nitrogens with zero attached hydrogens (tertiary/aromatic N) is 1. The van der Waals surface area contributed by atoms with Crippen molar-refractivity contribution in [3.63, 3.8) is 0 Å². The maximum atomic E-state index is 12.2. The number of carboxylic acids is 1. The minimum atomic E-state index is -0.949. The highest BCUT2D eigenvalue weighted by molar-refractivity contribution is 5.96. The maximum absolute atomic E-state index is 12.2. The van der Waals surface area contributed by atoms with Crippen LogP contribution in [0.5, 0.6) is 0 Å². The Kier molecular flexibility index (Phi) is 3.89. The number of imidazole rings is 1. The number of aromatic carboxylic acids is 1. The first kappa shape index (κ1) is 15.9. The van der Waals surface area contributed by atoms with Crippen molar-refractivity contribution in [2.45, 2.75) is 6.54 Å². The van der Waals surface area contributed by atoms with Gasteiger partial charge in [-0.15, -0.1) is 0 Å². The zero-order valence-electron chi connectivity index (χ0n) is 13.8. The lowest BCUT2D eigenvalue weighted by atomic mass is 9.99. The Morgan fingerprint density at radius 2 is 1.62 bits per heavy atom. The van der Waals surface area contributed by atoms with Gasteiger partial charge in [0.2, 0.25) is 0 Å². The predicted molar refractivity (Wildman–Crippen MR) is 100 cm³/mol. The van der Waals surface area contributed by atoms with Crippen LogP contribution in [-0.2, 0) is 6.54 Å². The number of H-pyrrole nitrogens is 1. The molecule has 0 atom stereocenters. The SMILES string of the molecule is O=C(O)c1ccccc1-c1ccc(Cn2c(=O)[nH]c3ccccc32)cc1. The van der Waals surface area contributed by atoms with Crippen molar-refractivity contribution < 1.29 is 9.90 Å². The summed E-state index contributed by atoms with van der Waals surface area (Å²) in [5, 5.41) is 9.34. The molecule has 0 amide bonds. The van der Waals surface area contributed by atoms with Crippen LogP contribution >= 0.6 is 0 Å². The summed E-state index contributed by atoms with van der Waals surface area (Å²) >= 11 is 0. The minimum Gasteiger partial charge on any atom is -0.478 e. The van der Waals surface area contributed by atoms with E-state index in [-0.39, 0.29) is 11.3 Å². The van der Waals surface area contributed by atoms with Crippen LogP contribution in [0.3, 0.4) is 0 Å². The molecule has 0 fully saturated rings. The molecule has 0 aliphatic rings. The molecule has 1 aromatic heterocycles. The Morgan fingerprint density at radius 3 is 2.38 bits per heavy atom. The van der Waals surface area contributed by atoms with E-state index in [9.17, 15) is 14.7 Å². The molecular formula is C21H16N2O3. The van der Waals surface area contributed by atoms with E-state index in [0.717, 1.165) is 22.2 Å². The monoisotopic (exact) mass is 344 g/mol. The van der Waals surface area contributed by atoms with Crippen LogP contribution in [0.2, 0.25) is 0 Å². The van der Waals surface area contributed by atoms with Crippen LogP contribution in [0.15, 0.2) is 77.6 Å². The van der Waals surface area contributed by atoms with E-state index in [2.05, 4.69) is 4.98 Å². The number of para-hydroxylation sites is 2. The lowest BCUT2D eigenvalue weighted by Gasteiger charge is -2.08. The molecule has 0 saturated carbocycles. The number of aromatic nitrogens is 2. The number of rotatable bonds is 4. The number of nitrogens with one attached hydrogen (secondary N) is 1. The molecule has 5 heteroatoms. The van der Waals surface area contributed by atoms with E-state index in [0.29, 0.717) is 12.1 Å². The topological polar surface area (TPSA) is 75.1 Å². The summed E-state index contributed by atoms with van der Waals surface area (Å²) < 4.78 is 1.69. The van der Waals surface area contributed by atoms with Gasteiger partial charge >= 0.3 is 11.7 Å². The Morgan fingerprint density at radius 1 is 0.923 bits per heavy atom. The molecule has 26 heavy (non-hydrogen) atoms. The normalized spacial score (nSPS) is 10.9. The van der Waals surface area contributed by atoms with Gasteiger partial charge in [0.05, 0.1) is 23.1 Å². The molecule has 0 unspecified atom stereocenters. The first-order valence-corrected chi connectivity index (χ1v) is 8.22. The van der Waals surface area contributed by atoms with Gasteiger partial charge in [-0.1, -0.05) is 54.6 Å². The van der Waals surface area contributed by atoms with Crippen molar-refractivity contribution in [3.05, 3.63) is 94.4 Å². The molecule has 0 aliphatic heterocycles. The van der Waals surface area contributed by atoms with E-state index in [1.54, 1.807) is 22.8 Å². The average Bonchev–Trinajstić information content (AvgIpc) is 2.98. The fourth-order valence-corrected chi connectivity index (χ4v) is 3.16. The van der Waals surface area contributed by atoms with E-state index in [1.165, 1.54) is 0 Å². The highest BCUT2D eigenvalue weighted by Crippen LogP contribution is 2.24. The number of hydrogen-bond donors (Lipinski definition) is 2. The van der Waals surface area contributed by atoms with Crippen molar-refractivity contribution in [3.8, 4) is 11.1 Å². The Bertz CT molecular complexity index is 1150. The van der Waals surface area contributed by atoms with Crippen LogP contribution in [-0.4, -0.2) is 20.6 Å². The summed E-state index contributed by atoms with van der Waals surface area (Å²) in [5.41, 5.74) is 4.27. The third-order valence-corrected chi connectivity index (χ3v) is 4.44. The molecule has 5 nitrogen and oxygen atoms in total. The highest BCUT2D eigenvalue weighted by Gasteiger charge is 2.11. The minimum absolute atomic E-state index is 0.147. The molecule has 128 valence electrons. The third kappa shape index (κ3) is 2.80. The number of carbonyl (C=O) groups is 1. The number of hydrogen-bond acceptors (Lipinski definition) is 2. The predicted octanol–water partition coefficient (Wildman–Crippen LogP) is 3.74. The fourth-order valence-electron chi connectivity index (χ4n) is 3.16. The first-order valence-electron chi connectivity index (χ1n) is 8.22. The summed E-state index contributed by atoms with van der Waals surface area (Å²) in [4.78, 5) is 26.4. The van der Waals surface area contributed by atoms with Crippen molar-refractivity contribution >= 4 is 17.0 Å². The van der Waals surface area contributed by atoms with Gasteiger partial charge in [0.1, 0.15) is 0 Å². The van der Waals surface area contributed by atoms with Gasteiger partial charge in [0.15, 0.2) is 0 Å². The van der Waals surface area contributed by atoms with Gasteiger partial charge in [-0.05, 0) is 34.9 Å². The zero-order valence-corrected chi connectivity index (χ0v) is 13.8. The second-order valence-corrected chi connectivity index (χ2v) is 6.08. The van der Waals surface area contributed by atoms with Crippen LogP contribution in [0.25, 0.3) is 22.2 Å². The largest absolute Gasteiger partial charge is 0.478 e. The van der Waals surface area contributed by atoms with Crippen LogP contribution in [0.4, 0.5) is 0 Å². The molecule has 0 radical (unpaired) electrons. The van der Waals surface area contributed by atoms with Crippen molar-refractivity contribution in [1.82, 2.24) is 9.55 Å². The Hall–Kier alpha value is -3.60. The van der Waals surface area contributed by atoms with Gasteiger partial charge < -0.3 is 10.1 Å². The lowest BCUT2D eigenvalue weighted by molar-refractivity contribution is 0.0697. The van der Waals surface area contributed by atoms with E-state index >= 15 is 0 Å². The second kappa shape index (κ2) is 6.37. The average molecular weight is 344 g/mol.